The number of allylic oxidation sites excluding steroid dienone is 10. The van der Waals surface area contributed by atoms with E-state index in [0.29, 0.717) is 6.42 Å². The lowest BCUT2D eigenvalue weighted by molar-refractivity contribution is -0.161. The van der Waals surface area contributed by atoms with Gasteiger partial charge in [0.25, 0.3) is 0 Å². The second kappa shape index (κ2) is 73.8. The number of hydrogen-bond donors (Lipinski definition) is 2. The molecule has 9 nitrogen and oxygen atoms in total. The van der Waals surface area contributed by atoms with E-state index in [-0.39, 0.29) is 38.6 Å². The fourth-order valence-corrected chi connectivity index (χ4v) is 12.3. The Morgan fingerprint density at radius 2 is 0.625 bits per heavy atom. The van der Waals surface area contributed by atoms with Crippen LogP contribution in [0.2, 0.25) is 0 Å². The first-order valence-corrected chi connectivity index (χ1v) is 39.8. The van der Waals surface area contributed by atoms with Crippen LogP contribution in [0.1, 0.15) is 393 Å². The van der Waals surface area contributed by atoms with E-state index < -0.39 is 26.5 Å². The Labute approximate surface area is 546 Å². The van der Waals surface area contributed by atoms with Gasteiger partial charge in [0.15, 0.2) is 6.10 Å². The molecule has 0 heterocycles. The quantitative estimate of drug-likeness (QED) is 0.0264. The van der Waals surface area contributed by atoms with Crippen LogP contribution in [0.25, 0.3) is 0 Å². The topological polar surface area (TPSA) is 134 Å². The molecule has 0 aromatic heterocycles. The van der Waals surface area contributed by atoms with Crippen LogP contribution in [0.3, 0.4) is 0 Å². The highest BCUT2D eigenvalue weighted by Crippen LogP contribution is 2.43. The van der Waals surface area contributed by atoms with Crippen molar-refractivity contribution in [3.63, 3.8) is 0 Å². The number of esters is 2. The maximum atomic E-state index is 12.8. The fourth-order valence-electron chi connectivity index (χ4n) is 11.6. The molecule has 0 rings (SSSR count). The van der Waals surface area contributed by atoms with E-state index in [1.54, 1.807) is 0 Å². The standard InChI is InChI=1S/C78H146NO8P/c1-3-5-7-9-11-13-15-17-19-21-23-25-27-29-31-33-34-35-36-37-38-39-40-41-42-43-45-47-49-51-53-55-57-59-61-63-65-67-69-71-78(81)87-76(75-86-88(82,83)85-73-72-79)74-84-77(80)70-68-66-64-62-60-58-56-54-52-50-48-46-44-32-30-28-26-24-22-20-18-16-14-12-10-8-6-4-2/h5,7,11,13,17,19,23,25,29,31,76H,3-4,6,8-10,12,14-16,18,20-22,24,26-28,30,32-75,79H2,1-2H3,(H,82,83)/b7-5-,13-11-,19-17-,25-23-,31-29-. The Balaban J connectivity index is 3.77. The van der Waals surface area contributed by atoms with Crippen molar-refractivity contribution in [2.24, 2.45) is 5.73 Å². The van der Waals surface area contributed by atoms with E-state index in [1.165, 1.54) is 295 Å². The first kappa shape index (κ1) is 85.7. The van der Waals surface area contributed by atoms with E-state index in [9.17, 15) is 19.0 Å². The zero-order valence-electron chi connectivity index (χ0n) is 58.2. The van der Waals surface area contributed by atoms with Crippen LogP contribution < -0.4 is 5.73 Å². The molecule has 0 amide bonds. The molecule has 2 unspecified atom stereocenters. The van der Waals surface area contributed by atoms with Gasteiger partial charge in [-0.3, -0.25) is 18.6 Å². The van der Waals surface area contributed by atoms with Crippen LogP contribution in [0.4, 0.5) is 0 Å². The van der Waals surface area contributed by atoms with Gasteiger partial charge in [-0.2, -0.15) is 0 Å². The molecular weight excluding hydrogens is 1110 g/mol. The Morgan fingerprint density at radius 3 is 0.932 bits per heavy atom. The summed E-state index contributed by atoms with van der Waals surface area (Å²) in [7, 11) is -4.39. The predicted octanol–water partition coefficient (Wildman–Crippen LogP) is 25.4. The van der Waals surface area contributed by atoms with Gasteiger partial charge in [-0.1, -0.05) is 383 Å². The van der Waals surface area contributed by atoms with Gasteiger partial charge < -0.3 is 20.1 Å². The smallest absolute Gasteiger partial charge is 0.462 e. The summed E-state index contributed by atoms with van der Waals surface area (Å²) in [6, 6.07) is 0. The number of phosphoric ester groups is 1. The summed E-state index contributed by atoms with van der Waals surface area (Å²) in [5, 5.41) is 0. The minimum atomic E-state index is -4.39. The van der Waals surface area contributed by atoms with Gasteiger partial charge >= 0.3 is 19.8 Å². The Morgan fingerprint density at radius 1 is 0.352 bits per heavy atom. The van der Waals surface area contributed by atoms with Gasteiger partial charge in [0, 0.05) is 19.4 Å². The third-order valence-electron chi connectivity index (χ3n) is 17.2. The van der Waals surface area contributed by atoms with E-state index in [0.717, 1.165) is 64.2 Å². The predicted molar refractivity (Wildman–Crippen MR) is 381 cm³/mol. The summed E-state index contributed by atoms with van der Waals surface area (Å²) >= 11 is 0. The van der Waals surface area contributed by atoms with Gasteiger partial charge in [0.05, 0.1) is 13.2 Å². The van der Waals surface area contributed by atoms with Crippen LogP contribution in [0.5, 0.6) is 0 Å². The molecule has 0 aromatic carbocycles. The maximum Gasteiger partial charge on any atom is 0.472 e. The maximum absolute atomic E-state index is 12.8. The van der Waals surface area contributed by atoms with Crippen molar-refractivity contribution < 1.29 is 37.6 Å². The number of unbranched alkanes of at least 4 members (excludes halogenated alkanes) is 50. The highest BCUT2D eigenvalue weighted by Gasteiger charge is 2.26. The van der Waals surface area contributed by atoms with Gasteiger partial charge in [0.2, 0.25) is 0 Å². The molecule has 2 atom stereocenters. The molecule has 516 valence electrons. The Hall–Kier alpha value is -2.29. The number of hydrogen-bond acceptors (Lipinski definition) is 8. The lowest BCUT2D eigenvalue weighted by Gasteiger charge is -2.19. The highest BCUT2D eigenvalue weighted by atomic mass is 31.2. The number of phosphoric acid groups is 1. The lowest BCUT2D eigenvalue weighted by Crippen LogP contribution is -2.29. The minimum absolute atomic E-state index is 0.0560. The number of carbonyl (C=O) groups is 2. The summed E-state index contributed by atoms with van der Waals surface area (Å²) in [4.78, 5) is 35.4. The van der Waals surface area contributed by atoms with Crippen molar-refractivity contribution in [1.29, 1.82) is 0 Å². The molecule has 0 saturated heterocycles. The first-order chi connectivity index (χ1) is 43.3. The molecule has 10 heteroatoms. The van der Waals surface area contributed by atoms with Crippen LogP contribution in [-0.2, 0) is 32.7 Å². The molecule has 0 bridgehead atoms. The van der Waals surface area contributed by atoms with Crippen LogP contribution in [0.15, 0.2) is 60.8 Å². The second-order valence-corrected chi connectivity index (χ2v) is 27.3. The number of rotatable bonds is 73. The number of ether oxygens (including phenoxy) is 2. The van der Waals surface area contributed by atoms with E-state index in [2.05, 4.69) is 74.6 Å². The Kier molecular flexibility index (Phi) is 71.8. The van der Waals surface area contributed by atoms with Gasteiger partial charge in [-0.25, -0.2) is 4.57 Å². The van der Waals surface area contributed by atoms with Crippen molar-refractivity contribution in [2.45, 2.75) is 399 Å². The molecule has 0 saturated carbocycles. The number of nitrogens with two attached hydrogens (primary N) is 1. The van der Waals surface area contributed by atoms with Gasteiger partial charge in [-0.15, -0.1) is 0 Å². The average Bonchev–Trinajstić information content (AvgIpc) is 3.71. The fraction of sp³-hybridized carbons (Fsp3) is 0.846. The molecule has 0 aliphatic carbocycles. The number of carbonyl (C=O) groups excluding carboxylic acids is 2. The van der Waals surface area contributed by atoms with Crippen molar-refractivity contribution in [3.05, 3.63) is 60.8 Å². The largest absolute Gasteiger partial charge is 0.472 e. The monoisotopic (exact) mass is 1260 g/mol. The van der Waals surface area contributed by atoms with Crippen molar-refractivity contribution >= 4 is 19.8 Å². The van der Waals surface area contributed by atoms with E-state index in [4.69, 9.17) is 24.3 Å². The lowest BCUT2D eigenvalue weighted by atomic mass is 10.0. The zero-order chi connectivity index (χ0) is 63.7. The zero-order valence-corrected chi connectivity index (χ0v) is 59.1. The molecular formula is C78H146NO8P. The average molecular weight is 1260 g/mol. The molecule has 0 spiro atoms. The second-order valence-electron chi connectivity index (χ2n) is 25.9. The molecule has 88 heavy (non-hydrogen) atoms. The SMILES string of the molecule is CC/C=C\C/C=C\C/C=C\C/C=C\C/C=C\CCCCCCCCCCCCCCCCCCCCCCCCCC(=O)OC(COC(=O)CCCCCCCCCCCCCCCCCCCCCCCCCCCCCC)COP(=O)(O)OCCN. The third kappa shape index (κ3) is 72.8. The molecule has 0 aliphatic heterocycles. The summed E-state index contributed by atoms with van der Waals surface area (Å²) in [6.45, 7) is 3.71. The molecule has 0 radical (unpaired) electrons. The molecule has 0 aromatic rings. The van der Waals surface area contributed by atoms with Crippen molar-refractivity contribution in [3.8, 4) is 0 Å². The van der Waals surface area contributed by atoms with Crippen LogP contribution in [-0.4, -0.2) is 49.3 Å². The van der Waals surface area contributed by atoms with Crippen LogP contribution in [0, 0.1) is 0 Å². The molecule has 0 aliphatic rings. The van der Waals surface area contributed by atoms with Gasteiger partial charge in [0.1, 0.15) is 6.61 Å². The summed E-state index contributed by atoms with van der Waals surface area (Å²) < 4.78 is 33.3. The summed E-state index contributed by atoms with van der Waals surface area (Å²) in [5.41, 5.74) is 5.41. The normalized spacial score (nSPS) is 13.2. The molecule has 0 fully saturated rings. The van der Waals surface area contributed by atoms with Crippen molar-refractivity contribution in [1.82, 2.24) is 0 Å². The van der Waals surface area contributed by atoms with Crippen molar-refractivity contribution in [2.75, 3.05) is 26.4 Å². The first-order valence-electron chi connectivity index (χ1n) is 38.3. The van der Waals surface area contributed by atoms with E-state index >= 15 is 0 Å². The summed E-state index contributed by atoms with van der Waals surface area (Å²) in [6.07, 6.45) is 96.4. The highest BCUT2D eigenvalue weighted by molar-refractivity contribution is 7.47. The van der Waals surface area contributed by atoms with Crippen LogP contribution >= 0.6 is 7.82 Å². The van der Waals surface area contributed by atoms with Gasteiger partial charge in [-0.05, 0) is 57.8 Å². The minimum Gasteiger partial charge on any atom is -0.462 e. The molecule has 3 N–H and O–H groups in total. The summed E-state index contributed by atoms with van der Waals surface area (Å²) in [5.74, 6) is -0.803. The third-order valence-corrected chi connectivity index (χ3v) is 18.2. The Bertz CT molecular complexity index is 1630. The van der Waals surface area contributed by atoms with E-state index in [1.807, 2.05) is 0 Å².